The second-order valence-electron chi connectivity index (χ2n) is 6.39. The van der Waals surface area contributed by atoms with Crippen LogP contribution < -0.4 is 10.2 Å². The normalized spacial score (nSPS) is 14.1. The number of hydrogen-bond donors (Lipinski definition) is 1. The van der Waals surface area contributed by atoms with Gasteiger partial charge in [0.25, 0.3) is 5.91 Å². The number of nitrogens with one attached hydrogen (secondary N) is 1. The maximum atomic E-state index is 14.5. The minimum absolute atomic E-state index is 0.305. The largest absolute Gasteiger partial charge is 0.378 e. The van der Waals surface area contributed by atoms with Crippen molar-refractivity contribution in [2.45, 2.75) is 0 Å². The molecule has 1 fully saturated rings. The Labute approximate surface area is 165 Å². The molecule has 2 heterocycles. The fraction of sp³-hybridized carbons (Fsp3) is 0.190. The zero-order valence-corrected chi connectivity index (χ0v) is 15.8. The number of halogens is 2. The predicted octanol–water partition coefficient (Wildman–Crippen LogP) is 4.78. The molecule has 7 heteroatoms. The molecule has 1 saturated heterocycles. The lowest BCUT2D eigenvalue weighted by atomic mass is 10.2. The van der Waals surface area contributed by atoms with Gasteiger partial charge in [-0.3, -0.25) is 4.79 Å². The highest BCUT2D eigenvalue weighted by Crippen LogP contribution is 2.29. The molecule has 1 aliphatic rings. The van der Waals surface area contributed by atoms with Crippen molar-refractivity contribution in [3.05, 3.63) is 71.1 Å². The van der Waals surface area contributed by atoms with Gasteiger partial charge in [-0.1, -0.05) is 12.1 Å². The van der Waals surface area contributed by atoms with Gasteiger partial charge in [-0.05, 0) is 48.0 Å². The van der Waals surface area contributed by atoms with Gasteiger partial charge in [-0.2, -0.15) is 0 Å². The number of thiophene rings is 1. The number of morpholine rings is 1. The van der Waals surface area contributed by atoms with Gasteiger partial charge in [-0.15, -0.1) is 11.3 Å². The first-order chi connectivity index (χ1) is 13.6. The van der Waals surface area contributed by atoms with E-state index in [0.717, 1.165) is 10.4 Å². The molecule has 1 aromatic heterocycles. The fourth-order valence-electron chi connectivity index (χ4n) is 3.07. The summed E-state index contributed by atoms with van der Waals surface area (Å²) in [6.07, 6.45) is 0. The number of carbonyl (C=O) groups is 1. The van der Waals surface area contributed by atoms with Crippen molar-refractivity contribution in [1.82, 2.24) is 0 Å². The molecule has 0 saturated carbocycles. The van der Waals surface area contributed by atoms with Crippen LogP contribution in [0.25, 0.3) is 10.4 Å². The van der Waals surface area contributed by atoms with Crippen LogP contribution in [0.1, 0.15) is 9.67 Å². The molecule has 144 valence electrons. The summed E-state index contributed by atoms with van der Waals surface area (Å²) >= 11 is 1.30. The van der Waals surface area contributed by atoms with E-state index < -0.39 is 0 Å². The van der Waals surface area contributed by atoms with Crippen LogP contribution in [0.3, 0.4) is 0 Å². The molecular weight excluding hydrogens is 382 g/mol. The van der Waals surface area contributed by atoms with Gasteiger partial charge in [0.15, 0.2) is 0 Å². The number of ether oxygens (including phenoxy) is 1. The predicted molar refractivity (Wildman–Crippen MR) is 107 cm³/mol. The second-order valence-corrected chi connectivity index (χ2v) is 7.47. The van der Waals surface area contributed by atoms with Crippen molar-refractivity contribution in [3.63, 3.8) is 0 Å². The number of nitrogens with zero attached hydrogens (tertiary/aromatic N) is 1. The van der Waals surface area contributed by atoms with E-state index in [1.807, 2.05) is 11.0 Å². The molecule has 0 radical (unpaired) electrons. The van der Waals surface area contributed by atoms with Crippen molar-refractivity contribution < 1.29 is 18.3 Å². The molecule has 1 N–H and O–H groups in total. The number of amides is 1. The maximum Gasteiger partial charge on any atom is 0.265 e. The molecule has 2 aromatic carbocycles. The smallest absolute Gasteiger partial charge is 0.265 e. The molecule has 28 heavy (non-hydrogen) atoms. The Kier molecular flexibility index (Phi) is 5.36. The molecule has 0 aliphatic carbocycles. The Bertz CT molecular complexity index is 982. The van der Waals surface area contributed by atoms with Crippen molar-refractivity contribution in [2.24, 2.45) is 0 Å². The summed E-state index contributed by atoms with van der Waals surface area (Å²) in [5.41, 5.74) is 1.75. The van der Waals surface area contributed by atoms with Crippen molar-refractivity contribution >= 4 is 28.6 Å². The molecule has 0 unspecified atom stereocenters. The van der Waals surface area contributed by atoms with Gasteiger partial charge < -0.3 is 15.0 Å². The first-order valence-electron chi connectivity index (χ1n) is 8.89. The summed E-state index contributed by atoms with van der Waals surface area (Å²) in [4.78, 5) is 15.8. The van der Waals surface area contributed by atoms with E-state index in [-0.39, 0.29) is 17.5 Å². The minimum atomic E-state index is -0.377. The first-order valence-corrected chi connectivity index (χ1v) is 9.71. The number of carbonyl (C=O) groups excluding carboxylic acids is 1. The van der Waals surface area contributed by atoms with Gasteiger partial charge >= 0.3 is 0 Å². The van der Waals surface area contributed by atoms with E-state index in [0.29, 0.717) is 42.6 Å². The van der Waals surface area contributed by atoms with Crippen LogP contribution in [-0.2, 0) is 4.74 Å². The van der Waals surface area contributed by atoms with Gasteiger partial charge in [0.05, 0.1) is 23.8 Å². The van der Waals surface area contributed by atoms with Crippen LogP contribution in [-0.4, -0.2) is 32.2 Å². The molecule has 0 spiro atoms. The summed E-state index contributed by atoms with van der Waals surface area (Å²) in [6.45, 7) is 2.44. The minimum Gasteiger partial charge on any atom is -0.378 e. The Balaban J connectivity index is 1.46. The van der Waals surface area contributed by atoms with Gasteiger partial charge in [0.1, 0.15) is 11.6 Å². The first kappa shape index (κ1) is 18.6. The molecular formula is C21H18F2N2O2S. The Morgan fingerprint density at radius 3 is 2.46 bits per heavy atom. The number of hydrogen-bond acceptors (Lipinski definition) is 4. The number of benzene rings is 2. The highest BCUT2D eigenvalue weighted by Gasteiger charge is 2.16. The third-order valence-corrected chi connectivity index (χ3v) is 5.65. The van der Waals surface area contributed by atoms with Gasteiger partial charge in [0, 0.05) is 23.7 Å². The van der Waals surface area contributed by atoms with Gasteiger partial charge in [-0.25, -0.2) is 8.78 Å². The molecule has 1 amide bonds. The molecule has 0 atom stereocenters. The molecule has 4 nitrogen and oxygen atoms in total. The van der Waals surface area contributed by atoms with Crippen LogP contribution in [0.2, 0.25) is 0 Å². The van der Waals surface area contributed by atoms with Crippen LogP contribution in [0.15, 0.2) is 54.6 Å². The molecule has 1 aliphatic heterocycles. The second kappa shape index (κ2) is 8.08. The van der Waals surface area contributed by atoms with Crippen LogP contribution in [0.5, 0.6) is 0 Å². The highest BCUT2D eigenvalue weighted by molar-refractivity contribution is 7.17. The zero-order valence-electron chi connectivity index (χ0n) is 15.0. The SMILES string of the molecule is O=C(Nc1ccc(N2CCOCC2)c(F)c1)c1ccc(-c2ccc(F)cc2)s1. The summed E-state index contributed by atoms with van der Waals surface area (Å²) in [6, 6.07) is 14.3. The van der Waals surface area contributed by atoms with Crippen LogP contribution >= 0.6 is 11.3 Å². The zero-order chi connectivity index (χ0) is 19.5. The summed E-state index contributed by atoms with van der Waals surface area (Å²) in [7, 11) is 0. The van der Waals surface area contributed by atoms with Crippen molar-refractivity contribution in [1.29, 1.82) is 0 Å². The lowest BCUT2D eigenvalue weighted by Crippen LogP contribution is -2.36. The Morgan fingerprint density at radius 1 is 1.00 bits per heavy atom. The molecule has 4 rings (SSSR count). The topological polar surface area (TPSA) is 41.6 Å². The van der Waals surface area contributed by atoms with Crippen LogP contribution in [0.4, 0.5) is 20.2 Å². The summed E-state index contributed by atoms with van der Waals surface area (Å²) in [5, 5.41) is 2.73. The van der Waals surface area contributed by atoms with E-state index in [1.165, 1.54) is 29.5 Å². The van der Waals surface area contributed by atoms with Crippen molar-refractivity contribution in [2.75, 3.05) is 36.5 Å². The highest BCUT2D eigenvalue weighted by atomic mass is 32.1. The molecule has 0 bridgehead atoms. The number of anilines is 2. The lowest BCUT2D eigenvalue weighted by molar-refractivity contribution is 0.103. The summed E-state index contributed by atoms with van der Waals surface area (Å²) < 4.78 is 32.8. The quantitative estimate of drug-likeness (QED) is 0.685. The monoisotopic (exact) mass is 400 g/mol. The van der Waals surface area contributed by atoms with E-state index in [2.05, 4.69) is 5.32 Å². The third-order valence-electron chi connectivity index (χ3n) is 4.52. The van der Waals surface area contributed by atoms with E-state index in [4.69, 9.17) is 4.74 Å². The summed E-state index contributed by atoms with van der Waals surface area (Å²) in [5.74, 6) is -0.990. The third kappa shape index (κ3) is 4.05. The number of rotatable bonds is 4. The molecule has 3 aromatic rings. The Hall–Kier alpha value is -2.77. The Morgan fingerprint density at radius 2 is 1.75 bits per heavy atom. The fourth-order valence-corrected chi connectivity index (χ4v) is 3.97. The van der Waals surface area contributed by atoms with E-state index in [9.17, 15) is 13.6 Å². The van der Waals surface area contributed by atoms with Gasteiger partial charge in [0.2, 0.25) is 0 Å². The average Bonchev–Trinajstić information content (AvgIpc) is 3.20. The maximum absolute atomic E-state index is 14.5. The van der Waals surface area contributed by atoms with E-state index >= 15 is 0 Å². The van der Waals surface area contributed by atoms with Crippen LogP contribution in [0, 0.1) is 11.6 Å². The lowest BCUT2D eigenvalue weighted by Gasteiger charge is -2.29. The average molecular weight is 400 g/mol. The van der Waals surface area contributed by atoms with E-state index in [1.54, 1.807) is 30.3 Å². The standard InChI is InChI=1S/C21H18F2N2O2S/c22-15-3-1-14(2-4-15)19-7-8-20(28-19)21(26)24-16-5-6-18(17(23)13-16)25-9-11-27-12-10-25/h1-8,13H,9-12H2,(H,24,26). The van der Waals surface area contributed by atoms with Crippen molar-refractivity contribution in [3.8, 4) is 10.4 Å².